The maximum absolute atomic E-state index is 9.51. The molecule has 0 aromatic rings. The highest BCUT2D eigenvalue weighted by molar-refractivity contribution is 8.17. The van der Waals surface area contributed by atoms with Crippen LogP contribution < -0.4 is 5.32 Å². The fourth-order valence-corrected chi connectivity index (χ4v) is 4.22. The van der Waals surface area contributed by atoms with Crippen LogP contribution in [0.3, 0.4) is 0 Å². The van der Waals surface area contributed by atoms with Crippen molar-refractivity contribution >= 4 is 23.5 Å². The van der Waals surface area contributed by atoms with Gasteiger partial charge in [-0.2, -0.15) is 0 Å². The molecule has 2 N–H and O–H groups in total. The van der Waals surface area contributed by atoms with Gasteiger partial charge in [0.1, 0.15) is 0 Å². The zero-order chi connectivity index (χ0) is 8.81. The van der Waals surface area contributed by atoms with E-state index in [1.807, 2.05) is 30.6 Å². The van der Waals surface area contributed by atoms with Crippen LogP contribution in [0.1, 0.15) is 12.8 Å². The van der Waals surface area contributed by atoms with Crippen molar-refractivity contribution in [3.8, 4) is 0 Å². The fraction of sp³-hybridized carbons (Fsp3) is 1.00. The highest BCUT2D eigenvalue weighted by Crippen LogP contribution is 2.33. The van der Waals surface area contributed by atoms with Crippen LogP contribution in [0, 0.1) is 0 Å². The number of thioether (sulfide) groups is 2. The minimum absolute atomic E-state index is 0.168. The maximum Gasteiger partial charge on any atom is 0.0683 e. The summed E-state index contributed by atoms with van der Waals surface area (Å²) in [5, 5.41) is 12.5. The lowest BCUT2D eigenvalue weighted by molar-refractivity contribution is 0.169. The van der Waals surface area contributed by atoms with Crippen molar-refractivity contribution in [1.29, 1.82) is 0 Å². The van der Waals surface area contributed by atoms with Crippen LogP contribution in [0.2, 0.25) is 0 Å². The average molecular weight is 207 g/mol. The molecule has 1 heterocycles. The number of rotatable bonds is 4. The normalized spacial score (nSPS) is 22.5. The van der Waals surface area contributed by atoms with Crippen molar-refractivity contribution < 1.29 is 5.11 Å². The first-order valence-corrected chi connectivity index (χ1v) is 6.48. The molecule has 1 rings (SSSR count). The molecule has 0 amide bonds. The molecular formula is C8H17NOS2. The molecule has 0 radical (unpaired) electrons. The van der Waals surface area contributed by atoms with Crippen LogP contribution in [-0.2, 0) is 0 Å². The average Bonchev–Trinajstić information content (AvgIpc) is 2.06. The number of aliphatic hydroxyl groups is 1. The molecule has 2 nitrogen and oxygen atoms in total. The topological polar surface area (TPSA) is 32.3 Å². The van der Waals surface area contributed by atoms with Crippen LogP contribution in [0.4, 0.5) is 0 Å². The number of aliphatic hydroxyl groups excluding tert-OH is 1. The molecule has 12 heavy (non-hydrogen) atoms. The molecule has 1 saturated heterocycles. The Balaban J connectivity index is 2.11. The molecule has 0 bridgehead atoms. The minimum atomic E-state index is -0.168. The van der Waals surface area contributed by atoms with Crippen molar-refractivity contribution in [2.75, 3.05) is 25.1 Å². The van der Waals surface area contributed by atoms with Crippen molar-refractivity contribution in [1.82, 2.24) is 5.32 Å². The lowest BCUT2D eigenvalue weighted by Gasteiger charge is -2.23. The first-order valence-electron chi connectivity index (χ1n) is 4.39. The van der Waals surface area contributed by atoms with Gasteiger partial charge < -0.3 is 10.4 Å². The molecule has 0 aromatic heterocycles. The molecule has 0 spiro atoms. The molecule has 0 saturated carbocycles. The van der Waals surface area contributed by atoms with Gasteiger partial charge in [0.2, 0.25) is 0 Å². The Bertz CT molecular complexity index is 118. The van der Waals surface area contributed by atoms with Gasteiger partial charge in [0, 0.05) is 6.54 Å². The van der Waals surface area contributed by atoms with E-state index in [2.05, 4.69) is 5.32 Å². The summed E-state index contributed by atoms with van der Waals surface area (Å²) in [6.07, 6.45) is 2.09. The predicted octanol–water partition coefficient (Wildman–Crippen LogP) is 1.15. The summed E-state index contributed by atoms with van der Waals surface area (Å²) >= 11 is 3.99. The van der Waals surface area contributed by atoms with Crippen molar-refractivity contribution in [2.45, 2.75) is 23.5 Å². The van der Waals surface area contributed by atoms with Crippen LogP contribution in [0.15, 0.2) is 0 Å². The summed E-state index contributed by atoms with van der Waals surface area (Å²) in [5.41, 5.74) is 0. The number of hydrogen-bond donors (Lipinski definition) is 2. The maximum atomic E-state index is 9.51. The standard InChI is InChI=1S/C8H17NOS2/c1-9-6-7(10)5-8-11-3-2-4-12-8/h7-10H,2-6H2,1H3. The second-order valence-corrected chi connectivity index (χ2v) is 5.89. The van der Waals surface area contributed by atoms with Gasteiger partial charge >= 0.3 is 0 Å². The van der Waals surface area contributed by atoms with Gasteiger partial charge in [-0.1, -0.05) is 0 Å². The summed E-state index contributed by atoms with van der Waals surface area (Å²) in [6, 6.07) is 0. The second kappa shape index (κ2) is 6.13. The van der Waals surface area contributed by atoms with E-state index in [0.29, 0.717) is 4.58 Å². The first kappa shape index (κ1) is 10.7. The Morgan fingerprint density at radius 1 is 1.50 bits per heavy atom. The van der Waals surface area contributed by atoms with E-state index >= 15 is 0 Å². The molecule has 72 valence electrons. The molecule has 1 fully saturated rings. The summed E-state index contributed by atoms with van der Waals surface area (Å²) < 4.78 is 0.627. The number of likely N-dealkylation sites (N-methyl/N-ethyl adjacent to an activating group) is 1. The first-order chi connectivity index (χ1) is 5.83. The van der Waals surface area contributed by atoms with Crippen molar-refractivity contribution in [3.05, 3.63) is 0 Å². The monoisotopic (exact) mass is 207 g/mol. The number of nitrogens with one attached hydrogen (secondary N) is 1. The SMILES string of the molecule is CNCC(O)CC1SCCCS1. The van der Waals surface area contributed by atoms with Crippen LogP contribution in [-0.4, -0.2) is 40.9 Å². The predicted molar refractivity (Wildman–Crippen MR) is 57.9 cm³/mol. The van der Waals surface area contributed by atoms with Gasteiger partial charge in [-0.05, 0) is 31.4 Å². The Morgan fingerprint density at radius 3 is 2.75 bits per heavy atom. The minimum Gasteiger partial charge on any atom is -0.392 e. The van der Waals surface area contributed by atoms with Gasteiger partial charge in [0.25, 0.3) is 0 Å². The number of hydrogen-bond acceptors (Lipinski definition) is 4. The fourth-order valence-electron chi connectivity index (χ4n) is 1.21. The second-order valence-electron chi connectivity index (χ2n) is 2.97. The molecule has 1 aliphatic rings. The third kappa shape index (κ3) is 4.03. The Labute approximate surface area is 82.9 Å². The van der Waals surface area contributed by atoms with E-state index in [9.17, 15) is 5.11 Å². The molecule has 1 aliphatic heterocycles. The molecule has 0 aromatic carbocycles. The molecule has 1 atom stereocenters. The van der Waals surface area contributed by atoms with E-state index in [0.717, 1.165) is 13.0 Å². The van der Waals surface area contributed by atoms with Gasteiger partial charge in [0.05, 0.1) is 10.7 Å². The summed E-state index contributed by atoms with van der Waals surface area (Å²) in [5.74, 6) is 2.54. The van der Waals surface area contributed by atoms with E-state index in [-0.39, 0.29) is 6.10 Å². The van der Waals surface area contributed by atoms with Crippen LogP contribution in [0.25, 0.3) is 0 Å². The van der Waals surface area contributed by atoms with Gasteiger partial charge in [0.15, 0.2) is 0 Å². The highest BCUT2D eigenvalue weighted by atomic mass is 32.2. The van der Waals surface area contributed by atoms with E-state index in [1.54, 1.807) is 0 Å². The molecule has 0 aliphatic carbocycles. The third-order valence-electron chi connectivity index (χ3n) is 1.80. The highest BCUT2D eigenvalue weighted by Gasteiger charge is 2.17. The largest absolute Gasteiger partial charge is 0.392 e. The molecular weight excluding hydrogens is 190 g/mol. The van der Waals surface area contributed by atoms with E-state index < -0.39 is 0 Å². The summed E-state index contributed by atoms with van der Waals surface area (Å²) in [6.45, 7) is 0.720. The Morgan fingerprint density at radius 2 is 2.17 bits per heavy atom. The van der Waals surface area contributed by atoms with Crippen LogP contribution in [0.5, 0.6) is 0 Å². The zero-order valence-electron chi connectivity index (χ0n) is 7.45. The van der Waals surface area contributed by atoms with E-state index in [4.69, 9.17) is 0 Å². The van der Waals surface area contributed by atoms with Gasteiger partial charge in [-0.3, -0.25) is 0 Å². The summed E-state index contributed by atoms with van der Waals surface area (Å²) in [7, 11) is 1.88. The third-order valence-corrected chi connectivity index (χ3v) is 4.79. The van der Waals surface area contributed by atoms with E-state index in [1.165, 1.54) is 17.9 Å². The van der Waals surface area contributed by atoms with Gasteiger partial charge in [-0.25, -0.2) is 0 Å². The molecule has 4 heteroatoms. The lowest BCUT2D eigenvalue weighted by atomic mass is 10.3. The molecule has 1 unspecified atom stereocenters. The summed E-state index contributed by atoms with van der Waals surface area (Å²) in [4.78, 5) is 0. The zero-order valence-corrected chi connectivity index (χ0v) is 9.09. The Hall–Kier alpha value is 0.620. The Kier molecular flexibility index (Phi) is 5.47. The quantitative estimate of drug-likeness (QED) is 0.724. The van der Waals surface area contributed by atoms with Crippen LogP contribution >= 0.6 is 23.5 Å². The van der Waals surface area contributed by atoms with Gasteiger partial charge in [-0.15, -0.1) is 23.5 Å². The van der Waals surface area contributed by atoms with Crippen molar-refractivity contribution in [3.63, 3.8) is 0 Å². The van der Waals surface area contributed by atoms with Crippen molar-refractivity contribution in [2.24, 2.45) is 0 Å². The smallest absolute Gasteiger partial charge is 0.0683 e. The lowest BCUT2D eigenvalue weighted by Crippen LogP contribution is -2.26.